The van der Waals surface area contributed by atoms with Crippen molar-refractivity contribution in [3.05, 3.63) is 29.5 Å². The van der Waals surface area contributed by atoms with E-state index in [0.717, 1.165) is 13.0 Å². The third kappa shape index (κ3) is 4.80. The van der Waals surface area contributed by atoms with Crippen molar-refractivity contribution in [3.8, 4) is 0 Å². The maximum atomic E-state index is 12.5. The van der Waals surface area contributed by atoms with Crippen LogP contribution in [-0.2, 0) is 4.79 Å². The highest BCUT2D eigenvalue weighted by Gasteiger charge is 2.24. The zero-order valence-electron chi connectivity index (χ0n) is 15.4. The molecule has 0 aromatic carbocycles. The van der Waals surface area contributed by atoms with Gasteiger partial charge in [-0.25, -0.2) is 0 Å². The number of rotatable bonds is 5. The summed E-state index contributed by atoms with van der Waals surface area (Å²) in [6, 6.07) is 3.52. The van der Waals surface area contributed by atoms with E-state index in [4.69, 9.17) is 0 Å². The minimum atomic E-state index is -0.125. The Labute approximate surface area is 154 Å². The highest BCUT2D eigenvalue weighted by atomic mass is 16.2. The summed E-state index contributed by atoms with van der Waals surface area (Å²) in [5.41, 5.74) is 1.87. The van der Waals surface area contributed by atoms with E-state index < -0.39 is 0 Å². The summed E-state index contributed by atoms with van der Waals surface area (Å²) in [7, 11) is 0. The van der Waals surface area contributed by atoms with Gasteiger partial charge in [0.25, 0.3) is 5.91 Å². The molecule has 140 valence electrons. The molecule has 0 spiro atoms. The van der Waals surface area contributed by atoms with Crippen LogP contribution in [0.2, 0.25) is 0 Å². The number of nitrogens with zero attached hydrogens (tertiary/aromatic N) is 4. The van der Waals surface area contributed by atoms with E-state index in [-0.39, 0.29) is 11.8 Å². The average Bonchev–Trinajstić information content (AvgIpc) is 2.69. The number of hydrogen-bond donors (Lipinski definition) is 1. The quantitative estimate of drug-likeness (QED) is 0.817. The van der Waals surface area contributed by atoms with Crippen LogP contribution in [0, 0.1) is 0 Å². The Bertz CT molecular complexity index is 663. The van der Waals surface area contributed by atoms with Crippen LogP contribution in [0.25, 0.3) is 0 Å². The van der Waals surface area contributed by atoms with Crippen LogP contribution in [0.5, 0.6) is 0 Å². The van der Waals surface area contributed by atoms with Crippen molar-refractivity contribution in [2.24, 2.45) is 0 Å². The van der Waals surface area contributed by atoms with Crippen molar-refractivity contribution in [1.29, 1.82) is 0 Å². The van der Waals surface area contributed by atoms with Crippen LogP contribution in [-0.4, -0.2) is 64.5 Å². The van der Waals surface area contributed by atoms with E-state index >= 15 is 0 Å². The number of anilines is 1. The highest BCUT2D eigenvalue weighted by molar-refractivity contribution is 5.92. The summed E-state index contributed by atoms with van der Waals surface area (Å²) in [6.45, 7) is 4.61. The molecule has 2 amide bonds. The molecular formula is C19H27N5O2. The summed E-state index contributed by atoms with van der Waals surface area (Å²) in [6.07, 6.45) is 8.39. The zero-order valence-corrected chi connectivity index (χ0v) is 15.4. The van der Waals surface area contributed by atoms with Gasteiger partial charge in [-0.3, -0.25) is 9.59 Å². The van der Waals surface area contributed by atoms with Gasteiger partial charge in [-0.1, -0.05) is 11.6 Å². The molecule has 0 saturated carbocycles. The molecule has 7 heteroatoms. The number of allylic oxidation sites excluding steroid dienone is 1. The molecule has 2 heterocycles. The monoisotopic (exact) mass is 357 g/mol. The number of amides is 2. The second-order valence-corrected chi connectivity index (χ2v) is 6.89. The van der Waals surface area contributed by atoms with Crippen LogP contribution in [0.3, 0.4) is 0 Å². The molecule has 0 unspecified atom stereocenters. The molecule has 1 aromatic rings. The predicted molar refractivity (Wildman–Crippen MR) is 99.8 cm³/mol. The van der Waals surface area contributed by atoms with E-state index in [2.05, 4.69) is 21.6 Å². The van der Waals surface area contributed by atoms with Gasteiger partial charge in [-0.05, 0) is 44.2 Å². The third-order valence-electron chi connectivity index (χ3n) is 5.03. The van der Waals surface area contributed by atoms with Crippen molar-refractivity contribution in [2.75, 3.05) is 38.0 Å². The van der Waals surface area contributed by atoms with Crippen LogP contribution >= 0.6 is 0 Å². The first-order valence-electron chi connectivity index (χ1n) is 9.44. The van der Waals surface area contributed by atoms with E-state index in [1.54, 1.807) is 28.9 Å². The van der Waals surface area contributed by atoms with Gasteiger partial charge < -0.3 is 15.1 Å². The van der Waals surface area contributed by atoms with Crippen molar-refractivity contribution in [3.63, 3.8) is 0 Å². The van der Waals surface area contributed by atoms with E-state index in [1.165, 1.54) is 31.3 Å². The first-order chi connectivity index (χ1) is 12.6. The second kappa shape index (κ2) is 8.78. The van der Waals surface area contributed by atoms with Crippen LogP contribution < -0.4 is 5.32 Å². The standard InChI is InChI=1S/C19H27N5O2/c1-15(25)23-11-13-24(14-12-23)19(26)17-7-8-18(22-21-17)20-10-9-16-5-3-2-4-6-16/h5,7-8H,2-4,6,9-14H2,1H3,(H,20,22). The Kier molecular flexibility index (Phi) is 6.20. The Hall–Kier alpha value is -2.44. The average molecular weight is 357 g/mol. The van der Waals surface area contributed by atoms with Crippen molar-refractivity contribution >= 4 is 17.6 Å². The van der Waals surface area contributed by atoms with Crippen LogP contribution in [0.15, 0.2) is 23.8 Å². The number of carbonyl (C=O) groups excluding carboxylic acids is 2. The van der Waals surface area contributed by atoms with Crippen molar-refractivity contribution < 1.29 is 9.59 Å². The molecule has 1 aliphatic heterocycles. The first-order valence-corrected chi connectivity index (χ1v) is 9.44. The third-order valence-corrected chi connectivity index (χ3v) is 5.03. The van der Waals surface area contributed by atoms with Gasteiger partial charge in [0.2, 0.25) is 5.91 Å². The molecule has 1 aromatic heterocycles. The lowest BCUT2D eigenvalue weighted by atomic mass is 9.97. The minimum absolute atomic E-state index is 0.0521. The molecule has 0 atom stereocenters. The summed E-state index contributed by atoms with van der Waals surface area (Å²) in [4.78, 5) is 27.3. The Morgan fingerprint density at radius 1 is 1.08 bits per heavy atom. The summed E-state index contributed by atoms with van der Waals surface area (Å²) in [5.74, 6) is 0.621. The summed E-state index contributed by atoms with van der Waals surface area (Å²) >= 11 is 0. The number of aromatic nitrogens is 2. The maximum Gasteiger partial charge on any atom is 0.274 e. The molecule has 1 saturated heterocycles. The van der Waals surface area contributed by atoms with E-state index in [9.17, 15) is 9.59 Å². The molecule has 1 fully saturated rings. The van der Waals surface area contributed by atoms with Gasteiger partial charge in [0.1, 0.15) is 5.82 Å². The fourth-order valence-electron chi connectivity index (χ4n) is 3.41. The number of hydrogen-bond acceptors (Lipinski definition) is 5. The van der Waals surface area contributed by atoms with Gasteiger partial charge in [-0.15, -0.1) is 10.2 Å². The Morgan fingerprint density at radius 2 is 1.85 bits per heavy atom. The Balaban J connectivity index is 1.47. The molecule has 0 bridgehead atoms. The molecule has 1 N–H and O–H groups in total. The SMILES string of the molecule is CC(=O)N1CCN(C(=O)c2ccc(NCCC3=CCCCC3)nn2)CC1. The summed E-state index contributed by atoms with van der Waals surface area (Å²) < 4.78 is 0. The molecule has 26 heavy (non-hydrogen) atoms. The zero-order chi connectivity index (χ0) is 18.4. The van der Waals surface area contributed by atoms with Gasteiger partial charge >= 0.3 is 0 Å². The van der Waals surface area contributed by atoms with Crippen LogP contribution in [0.1, 0.15) is 49.5 Å². The maximum absolute atomic E-state index is 12.5. The topological polar surface area (TPSA) is 78.4 Å². The van der Waals surface area contributed by atoms with Gasteiger partial charge in [0, 0.05) is 39.6 Å². The predicted octanol–water partition coefficient (Wildman–Crippen LogP) is 2.08. The largest absolute Gasteiger partial charge is 0.368 e. The van der Waals surface area contributed by atoms with E-state index in [0.29, 0.717) is 37.7 Å². The summed E-state index contributed by atoms with van der Waals surface area (Å²) in [5, 5.41) is 11.5. The fourth-order valence-corrected chi connectivity index (χ4v) is 3.41. The molecule has 2 aliphatic rings. The number of nitrogens with one attached hydrogen (secondary N) is 1. The second-order valence-electron chi connectivity index (χ2n) is 6.89. The van der Waals surface area contributed by atoms with E-state index in [1.807, 2.05) is 0 Å². The van der Waals surface area contributed by atoms with Gasteiger partial charge in [-0.2, -0.15) is 0 Å². The number of carbonyl (C=O) groups is 2. The van der Waals surface area contributed by atoms with Gasteiger partial charge in [0.15, 0.2) is 5.69 Å². The van der Waals surface area contributed by atoms with Crippen molar-refractivity contribution in [2.45, 2.75) is 39.0 Å². The first kappa shape index (κ1) is 18.4. The molecule has 1 aliphatic carbocycles. The molecule has 7 nitrogen and oxygen atoms in total. The lowest BCUT2D eigenvalue weighted by molar-refractivity contribution is -0.130. The normalized spacial score (nSPS) is 17.7. The Morgan fingerprint density at radius 3 is 2.46 bits per heavy atom. The smallest absolute Gasteiger partial charge is 0.274 e. The molecule has 0 radical (unpaired) electrons. The van der Waals surface area contributed by atoms with Crippen molar-refractivity contribution in [1.82, 2.24) is 20.0 Å². The van der Waals surface area contributed by atoms with Crippen LogP contribution in [0.4, 0.5) is 5.82 Å². The molecular weight excluding hydrogens is 330 g/mol. The van der Waals surface area contributed by atoms with Gasteiger partial charge in [0.05, 0.1) is 0 Å². The lowest BCUT2D eigenvalue weighted by Gasteiger charge is -2.33. The highest BCUT2D eigenvalue weighted by Crippen LogP contribution is 2.20. The minimum Gasteiger partial charge on any atom is -0.368 e. The molecule has 3 rings (SSSR count). The lowest BCUT2D eigenvalue weighted by Crippen LogP contribution is -2.50. The number of piperazine rings is 1. The fraction of sp³-hybridized carbons (Fsp3) is 0.579.